The van der Waals surface area contributed by atoms with E-state index >= 15 is 0 Å². The maximum absolute atomic E-state index is 10.0. The monoisotopic (exact) mass is 1040 g/mol. The van der Waals surface area contributed by atoms with Gasteiger partial charge in [-0.3, -0.25) is 0 Å². The number of aromatic nitrogens is 1. The molecule has 5 heteroatoms. The lowest BCUT2D eigenvalue weighted by Crippen LogP contribution is -2.11. The van der Waals surface area contributed by atoms with Crippen LogP contribution in [0.4, 0.5) is 17.1 Å². The van der Waals surface area contributed by atoms with Gasteiger partial charge in [0, 0.05) is 79.8 Å². The predicted molar refractivity (Wildman–Crippen MR) is 336 cm³/mol. The van der Waals surface area contributed by atoms with E-state index in [2.05, 4.69) is 276 Å². The van der Waals surface area contributed by atoms with E-state index in [1.165, 1.54) is 90.0 Å². The Hall–Kier alpha value is -9.83. The van der Waals surface area contributed by atoms with Gasteiger partial charge in [0.2, 0.25) is 0 Å². The lowest BCUT2D eigenvalue weighted by molar-refractivity contribution is 0.980. The van der Waals surface area contributed by atoms with Crippen molar-refractivity contribution in [2.75, 3.05) is 4.90 Å². The second-order valence-electron chi connectivity index (χ2n) is 20.4. The van der Waals surface area contributed by atoms with E-state index in [1.54, 1.807) is 0 Å². The SMILES string of the molecule is N#Cc1cccc(-c2cc(-c3ccccc3)cc(N(c3ccc(C(c4ccccc4)c4ccc5sc6ccccc6c5c4)cc3)c3ccc4c(c3)sc3ccc(-c5ccc6c7ccccc7n(-c7ccccc7)c6c5)cc34)c2)c1. The molecule has 0 saturated heterocycles. The minimum absolute atomic E-state index is 0.0166. The fourth-order valence-corrected chi connectivity index (χ4v) is 14.2. The fourth-order valence-electron chi connectivity index (χ4n) is 12.0. The highest BCUT2D eigenvalue weighted by Gasteiger charge is 2.22. The first-order chi connectivity index (χ1) is 39.1. The molecule has 0 aliphatic carbocycles. The third-order valence-electron chi connectivity index (χ3n) is 15.7. The zero-order chi connectivity index (χ0) is 52.4. The number of rotatable bonds is 10. The van der Waals surface area contributed by atoms with Crippen molar-refractivity contribution in [3.63, 3.8) is 0 Å². The van der Waals surface area contributed by atoms with Crippen LogP contribution in [0.5, 0.6) is 0 Å². The number of hydrogen-bond acceptors (Lipinski definition) is 4. The third kappa shape index (κ3) is 8.25. The van der Waals surface area contributed by atoms with Gasteiger partial charge in [-0.2, -0.15) is 5.26 Å². The van der Waals surface area contributed by atoms with E-state index < -0.39 is 0 Å². The van der Waals surface area contributed by atoms with Crippen LogP contribution in [-0.4, -0.2) is 4.57 Å². The quantitative estimate of drug-likeness (QED) is 0.128. The van der Waals surface area contributed by atoms with Crippen molar-refractivity contribution in [3.05, 3.63) is 301 Å². The summed E-state index contributed by atoms with van der Waals surface area (Å²) < 4.78 is 7.47. The summed E-state index contributed by atoms with van der Waals surface area (Å²) in [5, 5.41) is 17.6. The Labute approximate surface area is 466 Å². The summed E-state index contributed by atoms with van der Waals surface area (Å²) in [5.41, 5.74) is 17.6. The van der Waals surface area contributed by atoms with Crippen LogP contribution in [0.25, 0.3) is 101 Å². The number of benzene rings is 12. The maximum atomic E-state index is 10.0. The average Bonchev–Trinajstić information content (AvgIpc) is 4.31. The number of nitriles is 1. The molecule has 0 amide bonds. The zero-order valence-corrected chi connectivity index (χ0v) is 44.4. The first-order valence-electron chi connectivity index (χ1n) is 26.7. The van der Waals surface area contributed by atoms with E-state index in [-0.39, 0.29) is 5.92 Å². The topological polar surface area (TPSA) is 32.0 Å². The van der Waals surface area contributed by atoms with Gasteiger partial charge in [-0.1, -0.05) is 170 Å². The molecule has 0 radical (unpaired) electrons. The molecule has 0 aliphatic heterocycles. The molecule has 3 nitrogen and oxygen atoms in total. The van der Waals surface area contributed by atoms with Crippen LogP contribution in [0, 0.1) is 11.3 Å². The van der Waals surface area contributed by atoms with E-state index in [0.717, 1.165) is 45.0 Å². The summed E-state index contributed by atoms with van der Waals surface area (Å²) in [4.78, 5) is 2.41. The van der Waals surface area contributed by atoms with Crippen molar-refractivity contribution < 1.29 is 0 Å². The van der Waals surface area contributed by atoms with E-state index in [4.69, 9.17) is 0 Å². The molecule has 0 fully saturated rings. The lowest BCUT2D eigenvalue weighted by Gasteiger charge is -2.28. The Morgan fingerprint density at radius 3 is 1.68 bits per heavy atom. The molecule has 79 heavy (non-hydrogen) atoms. The smallest absolute Gasteiger partial charge is 0.0991 e. The number of hydrogen-bond donors (Lipinski definition) is 0. The number of thiophene rings is 2. The van der Waals surface area contributed by atoms with Crippen LogP contribution >= 0.6 is 22.7 Å². The Morgan fingerprint density at radius 2 is 0.873 bits per heavy atom. The van der Waals surface area contributed by atoms with Gasteiger partial charge in [0.15, 0.2) is 0 Å². The summed E-state index contributed by atoms with van der Waals surface area (Å²) in [7, 11) is 0. The van der Waals surface area contributed by atoms with Gasteiger partial charge in [0.1, 0.15) is 0 Å². The second-order valence-corrected chi connectivity index (χ2v) is 22.5. The Balaban J connectivity index is 0.878. The number of fused-ring (bicyclic) bond motifs is 9. The Morgan fingerprint density at radius 1 is 0.316 bits per heavy atom. The summed E-state index contributed by atoms with van der Waals surface area (Å²) in [6.07, 6.45) is 0. The molecule has 0 bridgehead atoms. The van der Waals surface area contributed by atoms with Crippen LogP contribution in [0.15, 0.2) is 279 Å². The van der Waals surface area contributed by atoms with Gasteiger partial charge in [-0.25, -0.2) is 0 Å². The Bertz CT molecular complexity index is 4850. The molecule has 0 aliphatic rings. The van der Waals surface area contributed by atoms with Crippen LogP contribution in [0.2, 0.25) is 0 Å². The highest BCUT2D eigenvalue weighted by molar-refractivity contribution is 7.26. The zero-order valence-electron chi connectivity index (χ0n) is 42.8. The normalized spacial score (nSPS) is 12.0. The molecule has 1 atom stereocenters. The lowest BCUT2D eigenvalue weighted by atomic mass is 9.84. The first-order valence-corrected chi connectivity index (χ1v) is 28.3. The van der Waals surface area contributed by atoms with Gasteiger partial charge in [-0.15, -0.1) is 22.7 Å². The fraction of sp³-hybridized carbons (Fsp3) is 0.0135. The molecular formula is C74H47N3S2. The van der Waals surface area contributed by atoms with Gasteiger partial charge in [0.05, 0.1) is 22.7 Å². The van der Waals surface area contributed by atoms with E-state index in [0.29, 0.717) is 5.56 Å². The van der Waals surface area contributed by atoms with Crippen LogP contribution < -0.4 is 4.90 Å². The highest BCUT2D eigenvalue weighted by Crippen LogP contribution is 2.46. The summed E-state index contributed by atoms with van der Waals surface area (Å²) >= 11 is 3.70. The molecule has 370 valence electrons. The van der Waals surface area contributed by atoms with Gasteiger partial charge in [-0.05, 0) is 159 Å². The molecule has 15 aromatic rings. The van der Waals surface area contributed by atoms with Gasteiger partial charge < -0.3 is 9.47 Å². The first kappa shape index (κ1) is 46.5. The highest BCUT2D eigenvalue weighted by atomic mass is 32.1. The van der Waals surface area contributed by atoms with Crippen molar-refractivity contribution >= 4 is 102 Å². The van der Waals surface area contributed by atoms with Crippen LogP contribution in [-0.2, 0) is 0 Å². The van der Waals surface area contributed by atoms with Gasteiger partial charge in [0.25, 0.3) is 0 Å². The van der Waals surface area contributed by atoms with E-state index in [9.17, 15) is 5.26 Å². The minimum atomic E-state index is 0.0166. The van der Waals surface area contributed by atoms with Gasteiger partial charge >= 0.3 is 0 Å². The maximum Gasteiger partial charge on any atom is 0.0991 e. The van der Waals surface area contributed by atoms with Crippen LogP contribution in [0.3, 0.4) is 0 Å². The van der Waals surface area contributed by atoms with Crippen molar-refractivity contribution in [2.24, 2.45) is 0 Å². The molecule has 0 N–H and O–H groups in total. The molecule has 0 saturated carbocycles. The number of nitrogens with zero attached hydrogens (tertiary/aromatic N) is 3. The largest absolute Gasteiger partial charge is 0.310 e. The van der Waals surface area contributed by atoms with Crippen LogP contribution in [0.1, 0.15) is 28.2 Å². The molecule has 15 rings (SSSR count). The minimum Gasteiger partial charge on any atom is -0.310 e. The van der Waals surface area contributed by atoms with Crippen molar-refractivity contribution in [1.29, 1.82) is 5.26 Å². The number of anilines is 3. The van der Waals surface area contributed by atoms with Crippen molar-refractivity contribution in [1.82, 2.24) is 4.57 Å². The summed E-state index contributed by atoms with van der Waals surface area (Å²) in [5.74, 6) is 0.0166. The molecule has 12 aromatic carbocycles. The predicted octanol–water partition coefficient (Wildman–Crippen LogP) is 21.0. The molecule has 3 heterocycles. The molecule has 0 spiro atoms. The number of para-hydroxylation sites is 2. The molecule has 1 unspecified atom stereocenters. The van der Waals surface area contributed by atoms with E-state index in [1.807, 2.05) is 40.9 Å². The standard InChI is InChI=1S/C74H47N3S2/c75-47-48-15-14-20-52(39-48)57-40-56(49-16-4-1-5-17-49)41-61(42-57)76(59-32-27-51(28-33-59)74(50-18-6-2-7-19-50)55-31-38-71-67(44-55)64-24-11-13-26-70(64)78-71)60-34-36-65-66-43-53(30-37-72(66)79-73(65)46-60)54-29-35-63-62-23-10-12-25-68(62)77(69(63)45-54)58-21-8-3-9-22-58/h1-46,74H. The van der Waals surface area contributed by atoms with Crippen molar-refractivity contribution in [3.8, 4) is 45.1 Å². The second kappa shape index (κ2) is 19.3. The molecule has 3 aromatic heterocycles. The van der Waals surface area contributed by atoms with Crippen molar-refractivity contribution in [2.45, 2.75) is 5.92 Å². The average molecular weight is 1040 g/mol. The third-order valence-corrected chi connectivity index (χ3v) is 18.0. The Kier molecular flexibility index (Phi) is 11.4. The summed E-state index contributed by atoms with van der Waals surface area (Å²) in [6, 6.07) is 104. The molecular weight excluding hydrogens is 995 g/mol. The summed E-state index contributed by atoms with van der Waals surface area (Å²) in [6.45, 7) is 0.